The molecule has 1 aromatic carbocycles. The van der Waals surface area contributed by atoms with E-state index in [1.54, 1.807) is 6.20 Å². The summed E-state index contributed by atoms with van der Waals surface area (Å²) in [6.07, 6.45) is 4.99. The first-order valence-corrected chi connectivity index (χ1v) is 11.3. The molecule has 1 amide bonds. The highest BCUT2D eigenvalue weighted by atomic mass is 16.6. The van der Waals surface area contributed by atoms with Gasteiger partial charge in [0.25, 0.3) is 0 Å². The smallest absolute Gasteiger partial charge is 0.408 e. The van der Waals surface area contributed by atoms with E-state index in [0.29, 0.717) is 6.04 Å². The van der Waals surface area contributed by atoms with E-state index in [1.807, 2.05) is 39.0 Å². The van der Waals surface area contributed by atoms with Crippen LogP contribution >= 0.6 is 0 Å². The molecule has 2 aromatic rings. The van der Waals surface area contributed by atoms with Crippen molar-refractivity contribution in [1.29, 1.82) is 0 Å². The number of alkyl carbamates (subject to hydrolysis) is 1. The predicted molar refractivity (Wildman–Crippen MR) is 126 cm³/mol. The Balaban J connectivity index is 1.83. The highest BCUT2D eigenvalue weighted by Gasteiger charge is 2.40. The summed E-state index contributed by atoms with van der Waals surface area (Å²) in [6, 6.07) is 14.9. The quantitative estimate of drug-likeness (QED) is 0.619. The van der Waals surface area contributed by atoms with Crippen LogP contribution in [0.3, 0.4) is 0 Å². The number of pyridine rings is 1. The minimum Gasteiger partial charge on any atom is -0.444 e. The summed E-state index contributed by atoms with van der Waals surface area (Å²) < 4.78 is 5.63. The summed E-state index contributed by atoms with van der Waals surface area (Å²) >= 11 is 0. The Kier molecular flexibility index (Phi) is 6.63. The van der Waals surface area contributed by atoms with Crippen LogP contribution in [0.4, 0.5) is 10.6 Å². The number of nitrogens with zero attached hydrogens (tertiary/aromatic N) is 1. The van der Waals surface area contributed by atoms with Crippen LogP contribution in [-0.2, 0) is 15.7 Å². The molecule has 0 unspecified atom stereocenters. The number of anilines is 1. The highest BCUT2D eigenvalue weighted by molar-refractivity contribution is 5.69. The molecule has 5 nitrogen and oxygen atoms in total. The van der Waals surface area contributed by atoms with Crippen molar-refractivity contribution in [2.75, 3.05) is 5.32 Å². The molecule has 0 atom stereocenters. The zero-order chi connectivity index (χ0) is 22.7. The minimum atomic E-state index is -0.531. The number of carbonyl (C=O) groups excluding carboxylic acids is 1. The maximum absolute atomic E-state index is 12.8. The summed E-state index contributed by atoms with van der Waals surface area (Å²) in [6.45, 7) is 12.3. The minimum absolute atomic E-state index is 0.0425. The Bertz CT molecular complexity index is 874. The van der Waals surface area contributed by atoms with E-state index in [2.05, 4.69) is 60.7 Å². The van der Waals surface area contributed by atoms with Crippen molar-refractivity contribution in [3.05, 3.63) is 59.8 Å². The number of hydrogen-bond donors (Lipinski definition) is 2. The Morgan fingerprint density at radius 3 is 2.32 bits per heavy atom. The van der Waals surface area contributed by atoms with Gasteiger partial charge in [-0.2, -0.15) is 0 Å². The lowest BCUT2D eigenvalue weighted by Crippen LogP contribution is -2.51. The first-order chi connectivity index (χ1) is 14.5. The molecule has 168 valence electrons. The Morgan fingerprint density at radius 2 is 1.74 bits per heavy atom. The van der Waals surface area contributed by atoms with Crippen LogP contribution in [0.1, 0.15) is 78.4 Å². The second-order valence-electron chi connectivity index (χ2n) is 10.7. The third-order valence-corrected chi connectivity index (χ3v) is 5.88. The molecule has 0 spiro atoms. The summed E-state index contributed by atoms with van der Waals surface area (Å²) in [4.78, 5) is 17.2. The fourth-order valence-electron chi connectivity index (χ4n) is 4.18. The van der Waals surface area contributed by atoms with Crippen molar-refractivity contribution >= 4 is 11.9 Å². The van der Waals surface area contributed by atoms with E-state index < -0.39 is 11.1 Å². The standard InChI is InChI=1S/C26H37N3O2/c1-24(2,3)19-10-9-11-20(18-19)26(29-23(30)31-25(4,5)6)15-13-21(14-16-26)28-22-12-7-8-17-27-22/h7-12,17-18,21H,13-16H2,1-6H3,(H,27,28)(H,29,30). The molecule has 5 heteroatoms. The number of nitrogens with one attached hydrogen (secondary N) is 2. The first-order valence-electron chi connectivity index (χ1n) is 11.3. The summed E-state index contributed by atoms with van der Waals surface area (Å²) in [5.41, 5.74) is 1.49. The monoisotopic (exact) mass is 423 g/mol. The summed E-state index contributed by atoms with van der Waals surface area (Å²) in [5, 5.41) is 6.81. The van der Waals surface area contributed by atoms with Gasteiger partial charge in [0.05, 0.1) is 5.54 Å². The van der Waals surface area contributed by atoms with Gasteiger partial charge in [-0.3, -0.25) is 0 Å². The second-order valence-corrected chi connectivity index (χ2v) is 10.7. The van der Waals surface area contributed by atoms with E-state index >= 15 is 0 Å². The maximum Gasteiger partial charge on any atom is 0.408 e. The topological polar surface area (TPSA) is 63.2 Å². The average Bonchev–Trinajstić information content (AvgIpc) is 2.68. The SMILES string of the molecule is CC(C)(C)OC(=O)NC1(c2cccc(C(C)(C)C)c2)CCC(Nc2ccccn2)CC1. The van der Waals surface area contributed by atoms with Crippen LogP contribution in [0.25, 0.3) is 0 Å². The van der Waals surface area contributed by atoms with E-state index in [9.17, 15) is 4.79 Å². The van der Waals surface area contributed by atoms with Crippen molar-refractivity contribution in [3.63, 3.8) is 0 Å². The third-order valence-electron chi connectivity index (χ3n) is 5.88. The molecule has 1 fully saturated rings. The van der Waals surface area contributed by atoms with Crippen molar-refractivity contribution in [1.82, 2.24) is 10.3 Å². The van der Waals surface area contributed by atoms with Crippen LogP contribution in [0.5, 0.6) is 0 Å². The van der Waals surface area contributed by atoms with Crippen molar-refractivity contribution in [3.8, 4) is 0 Å². The van der Waals surface area contributed by atoms with Gasteiger partial charge in [-0.1, -0.05) is 51.1 Å². The molecule has 3 rings (SSSR count). The number of benzene rings is 1. The van der Waals surface area contributed by atoms with Crippen LogP contribution in [0, 0.1) is 0 Å². The Labute approximate surface area is 187 Å². The number of carbonyl (C=O) groups is 1. The maximum atomic E-state index is 12.8. The van der Waals surface area contributed by atoms with Crippen LogP contribution in [-0.4, -0.2) is 22.7 Å². The zero-order valence-corrected chi connectivity index (χ0v) is 19.8. The molecular formula is C26H37N3O2. The molecule has 31 heavy (non-hydrogen) atoms. The molecule has 0 radical (unpaired) electrons. The number of ether oxygens (including phenoxy) is 1. The molecule has 0 saturated heterocycles. The van der Waals surface area contributed by atoms with Crippen molar-refractivity contribution < 1.29 is 9.53 Å². The summed E-state index contributed by atoms with van der Waals surface area (Å²) in [7, 11) is 0. The predicted octanol–water partition coefficient (Wildman–Crippen LogP) is 6.15. The Hall–Kier alpha value is -2.56. The lowest BCUT2D eigenvalue weighted by atomic mass is 9.73. The van der Waals surface area contributed by atoms with Gasteiger partial charge in [-0.15, -0.1) is 0 Å². The van der Waals surface area contributed by atoms with E-state index in [4.69, 9.17) is 4.74 Å². The molecule has 1 heterocycles. The number of rotatable bonds is 4. The fraction of sp³-hybridized carbons (Fsp3) is 0.538. The zero-order valence-electron chi connectivity index (χ0n) is 19.8. The van der Waals surface area contributed by atoms with Gasteiger partial charge < -0.3 is 15.4 Å². The van der Waals surface area contributed by atoms with Crippen molar-refractivity contribution in [2.24, 2.45) is 0 Å². The molecule has 1 saturated carbocycles. The average molecular weight is 424 g/mol. The Morgan fingerprint density at radius 1 is 1.03 bits per heavy atom. The number of aromatic nitrogens is 1. The molecular weight excluding hydrogens is 386 g/mol. The van der Waals surface area contributed by atoms with Gasteiger partial charge >= 0.3 is 6.09 Å². The summed E-state index contributed by atoms with van der Waals surface area (Å²) in [5.74, 6) is 0.898. The first kappa shape index (κ1) is 23.1. The number of amides is 1. The fourth-order valence-corrected chi connectivity index (χ4v) is 4.18. The lowest BCUT2D eigenvalue weighted by molar-refractivity contribution is 0.0417. The number of hydrogen-bond acceptors (Lipinski definition) is 4. The van der Waals surface area contributed by atoms with Crippen molar-refractivity contribution in [2.45, 2.75) is 89.8 Å². The molecule has 0 bridgehead atoms. The molecule has 1 aliphatic carbocycles. The normalized spacial score (nSPS) is 21.9. The molecule has 1 aromatic heterocycles. The highest BCUT2D eigenvalue weighted by Crippen LogP contribution is 2.39. The van der Waals surface area contributed by atoms with E-state index in [0.717, 1.165) is 37.1 Å². The van der Waals surface area contributed by atoms with Crippen LogP contribution in [0.15, 0.2) is 48.7 Å². The van der Waals surface area contributed by atoms with Gasteiger partial charge in [0, 0.05) is 12.2 Å². The van der Waals surface area contributed by atoms with Gasteiger partial charge in [-0.05, 0) is 75.1 Å². The van der Waals surface area contributed by atoms with Gasteiger partial charge in [0.2, 0.25) is 0 Å². The van der Waals surface area contributed by atoms with Gasteiger partial charge in [0.1, 0.15) is 11.4 Å². The molecule has 2 N–H and O–H groups in total. The molecule has 1 aliphatic rings. The van der Waals surface area contributed by atoms with Gasteiger partial charge in [-0.25, -0.2) is 9.78 Å². The lowest BCUT2D eigenvalue weighted by Gasteiger charge is -2.42. The largest absolute Gasteiger partial charge is 0.444 e. The van der Waals surface area contributed by atoms with Crippen LogP contribution < -0.4 is 10.6 Å². The second kappa shape index (κ2) is 8.89. The van der Waals surface area contributed by atoms with E-state index in [1.165, 1.54) is 5.56 Å². The van der Waals surface area contributed by atoms with Crippen LogP contribution in [0.2, 0.25) is 0 Å². The third kappa shape index (κ3) is 6.22. The van der Waals surface area contributed by atoms with Gasteiger partial charge in [0.15, 0.2) is 0 Å². The van der Waals surface area contributed by atoms with E-state index in [-0.39, 0.29) is 11.5 Å². The molecule has 0 aliphatic heterocycles.